The topological polar surface area (TPSA) is 32.6 Å². The molecule has 2 nitrogen and oxygen atoms in total. The van der Waals surface area contributed by atoms with Gasteiger partial charge in [0.15, 0.2) is 0 Å². The number of aromatic hydroxyl groups is 1. The van der Waals surface area contributed by atoms with Gasteiger partial charge in [-0.2, -0.15) is 0 Å². The quantitative estimate of drug-likeness (QED) is 0.387. The monoisotopic (exact) mass is 297 g/mol. The largest absolute Gasteiger partial charge is 0.506 e. The SMILES string of the molecule is Oc1ccccc1/N=C/c1c2ccccc2cc2ccccc12. The number of hydrogen-bond donors (Lipinski definition) is 1. The predicted octanol–water partition coefficient (Wildman–Crippen LogP) is 5.45. The fraction of sp³-hybridized carbons (Fsp3) is 0. The van der Waals surface area contributed by atoms with E-state index in [9.17, 15) is 5.11 Å². The Morgan fingerprint density at radius 2 is 1.26 bits per heavy atom. The minimum atomic E-state index is 0.188. The smallest absolute Gasteiger partial charge is 0.141 e. The van der Waals surface area contributed by atoms with Crippen molar-refractivity contribution in [3.05, 3.63) is 84.4 Å². The summed E-state index contributed by atoms with van der Waals surface area (Å²) in [6.07, 6.45) is 1.85. The zero-order valence-electron chi connectivity index (χ0n) is 12.5. The summed E-state index contributed by atoms with van der Waals surface area (Å²) in [6.45, 7) is 0. The molecule has 4 rings (SSSR count). The van der Waals surface area contributed by atoms with Gasteiger partial charge in [-0.05, 0) is 39.7 Å². The van der Waals surface area contributed by atoms with Gasteiger partial charge in [-0.3, -0.25) is 4.99 Å². The van der Waals surface area contributed by atoms with Crippen molar-refractivity contribution in [2.45, 2.75) is 0 Å². The number of para-hydroxylation sites is 2. The van der Waals surface area contributed by atoms with Gasteiger partial charge in [0.2, 0.25) is 0 Å². The zero-order chi connectivity index (χ0) is 15.6. The highest BCUT2D eigenvalue weighted by atomic mass is 16.3. The maximum absolute atomic E-state index is 9.90. The molecule has 0 fully saturated rings. The van der Waals surface area contributed by atoms with Crippen LogP contribution in [-0.2, 0) is 0 Å². The van der Waals surface area contributed by atoms with Gasteiger partial charge in [0.25, 0.3) is 0 Å². The van der Waals surface area contributed by atoms with Gasteiger partial charge in [-0.1, -0.05) is 60.7 Å². The molecule has 0 spiro atoms. The minimum absolute atomic E-state index is 0.188. The van der Waals surface area contributed by atoms with E-state index in [1.165, 1.54) is 10.8 Å². The van der Waals surface area contributed by atoms with Crippen LogP contribution in [0.15, 0.2) is 83.9 Å². The first-order chi connectivity index (χ1) is 11.3. The van der Waals surface area contributed by atoms with Gasteiger partial charge in [0.05, 0.1) is 0 Å². The van der Waals surface area contributed by atoms with E-state index in [1.807, 2.05) is 36.5 Å². The molecule has 0 aliphatic heterocycles. The first kappa shape index (κ1) is 13.5. The average molecular weight is 297 g/mol. The van der Waals surface area contributed by atoms with Crippen LogP contribution in [0.5, 0.6) is 5.75 Å². The van der Waals surface area contributed by atoms with Crippen LogP contribution >= 0.6 is 0 Å². The molecule has 0 atom stereocenters. The summed E-state index contributed by atoms with van der Waals surface area (Å²) < 4.78 is 0. The maximum atomic E-state index is 9.90. The highest BCUT2D eigenvalue weighted by Gasteiger charge is 2.05. The molecule has 0 saturated carbocycles. The lowest BCUT2D eigenvalue weighted by molar-refractivity contribution is 0.477. The second-order valence-electron chi connectivity index (χ2n) is 5.48. The summed E-state index contributed by atoms with van der Waals surface area (Å²) in [4.78, 5) is 4.50. The van der Waals surface area contributed by atoms with Gasteiger partial charge in [0.1, 0.15) is 11.4 Å². The van der Waals surface area contributed by atoms with Crippen molar-refractivity contribution < 1.29 is 5.11 Å². The predicted molar refractivity (Wildman–Crippen MR) is 96.8 cm³/mol. The molecular weight excluding hydrogens is 282 g/mol. The third kappa shape index (κ3) is 2.44. The molecule has 0 bridgehead atoms. The molecule has 0 aromatic heterocycles. The number of rotatable bonds is 2. The molecule has 0 unspecified atom stereocenters. The fourth-order valence-electron chi connectivity index (χ4n) is 2.90. The molecule has 2 heteroatoms. The number of aliphatic imine (C=N–C) groups is 1. The van der Waals surface area contributed by atoms with Crippen molar-refractivity contribution in [3.8, 4) is 5.75 Å². The second-order valence-corrected chi connectivity index (χ2v) is 5.48. The first-order valence-corrected chi connectivity index (χ1v) is 7.55. The van der Waals surface area contributed by atoms with Gasteiger partial charge in [-0.25, -0.2) is 0 Å². The van der Waals surface area contributed by atoms with Crippen molar-refractivity contribution in [2.75, 3.05) is 0 Å². The highest BCUT2D eigenvalue weighted by Crippen LogP contribution is 2.29. The number of hydrogen-bond acceptors (Lipinski definition) is 2. The van der Waals surface area contributed by atoms with Crippen molar-refractivity contribution in [1.29, 1.82) is 0 Å². The van der Waals surface area contributed by atoms with Crippen LogP contribution in [0.3, 0.4) is 0 Å². The lowest BCUT2D eigenvalue weighted by atomic mass is 9.97. The summed E-state index contributed by atoms with van der Waals surface area (Å²) in [6, 6.07) is 25.9. The van der Waals surface area contributed by atoms with Gasteiger partial charge < -0.3 is 5.11 Å². The van der Waals surface area contributed by atoms with Crippen LogP contribution in [0.4, 0.5) is 5.69 Å². The van der Waals surface area contributed by atoms with Crippen LogP contribution in [0, 0.1) is 0 Å². The number of phenolic OH excluding ortho intramolecular Hbond substituents is 1. The van der Waals surface area contributed by atoms with E-state index in [4.69, 9.17) is 0 Å². The fourth-order valence-corrected chi connectivity index (χ4v) is 2.90. The Balaban J connectivity index is 1.98. The van der Waals surface area contributed by atoms with E-state index >= 15 is 0 Å². The van der Waals surface area contributed by atoms with E-state index in [1.54, 1.807) is 18.2 Å². The lowest BCUT2D eigenvalue weighted by Crippen LogP contribution is -1.88. The summed E-state index contributed by atoms with van der Waals surface area (Å²) in [7, 11) is 0. The minimum Gasteiger partial charge on any atom is -0.506 e. The van der Waals surface area contributed by atoms with Crippen LogP contribution < -0.4 is 0 Å². The Labute approximate surface area is 134 Å². The molecule has 0 radical (unpaired) electrons. The van der Waals surface area contributed by atoms with Crippen molar-refractivity contribution in [1.82, 2.24) is 0 Å². The molecule has 0 aliphatic carbocycles. The van der Waals surface area contributed by atoms with Crippen LogP contribution in [0.1, 0.15) is 5.56 Å². The van der Waals surface area contributed by atoms with Gasteiger partial charge in [-0.15, -0.1) is 0 Å². The molecule has 1 N–H and O–H groups in total. The lowest BCUT2D eigenvalue weighted by Gasteiger charge is -2.08. The van der Waals surface area contributed by atoms with Crippen molar-refractivity contribution in [2.24, 2.45) is 4.99 Å². The number of benzene rings is 4. The first-order valence-electron chi connectivity index (χ1n) is 7.55. The van der Waals surface area contributed by atoms with Crippen molar-refractivity contribution in [3.63, 3.8) is 0 Å². The molecule has 0 saturated heterocycles. The van der Waals surface area contributed by atoms with Gasteiger partial charge >= 0.3 is 0 Å². The Morgan fingerprint density at radius 1 is 0.696 bits per heavy atom. The third-order valence-electron chi connectivity index (χ3n) is 4.03. The Morgan fingerprint density at radius 3 is 1.91 bits per heavy atom. The number of nitrogens with zero attached hydrogens (tertiary/aromatic N) is 1. The third-order valence-corrected chi connectivity index (χ3v) is 4.03. The summed E-state index contributed by atoms with van der Waals surface area (Å²) in [5.74, 6) is 0.188. The Bertz CT molecular complexity index is 980. The molecular formula is C21H15NO. The highest BCUT2D eigenvalue weighted by molar-refractivity contribution is 6.13. The molecule has 4 aromatic rings. The number of phenols is 1. The molecule has 0 heterocycles. The Kier molecular flexibility index (Phi) is 3.28. The average Bonchev–Trinajstić information content (AvgIpc) is 2.60. The van der Waals surface area contributed by atoms with Crippen molar-refractivity contribution >= 4 is 33.4 Å². The van der Waals surface area contributed by atoms with E-state index in [0.717, 1.165) is 16.3 Å². The van der Waals surface area contributed by atoms with E-state index < -0.39 is 0 Å². The summed E-state index contributed by atoms with van der Waals surface area (Å²) >= 11 is 0. The maximum Gasteiger partial charge on any atom is 0.141 e. The second kappa shape index (κ2) is 5.58. The zero-order valence-corrected chi connectivity index (χ0v) is 12.5. The number of fused-ring (bicyclic) bond motifs is 2. The van der Waals surface area contributed by atoms with E-state index in [2.05, 4.69) is 35.3 Å². The molecule has 4 aromatic carbocycles. The molecule has 0 aliphatic rings. The molecule has 110 valence electrons. The van der Waals surface area contributed by atoms with Gasteiger partial charge in [0, 0.05) is 11.8 Å². The van der Waals surface area contributed by atoms with E-state index in [-0.39, 0.29) is 5.75 Å². The van der Waals surface area contributed by atoms with E-state index in [0.29, 0.717) is 5.69 Å². The van der Waals surface area contributed by atoms with Crippen LogP contribution in [0.2, 0.25) is 0 Å². The molecule has 23 heavy (non-hydrogen) atoms. The van der Waals surface area contributed by atoms with Crippen LogP contribution in [-0.4, -0.2) is 11.3 Å². The Hall–Kier alpha value is -3.13. The summed E-state index contributed by atoms with van der Waals surface area (Å²) in [5, 5.41) is 14.6. The normalized spacial score (nSPS) is 11.5. The molecule has 0 amide bonds. The summed E-state index contributed by atoms with van der Waals surface area (Å²) in [5.41, 5.74) is 1.64. The standard InChI is InChI=1S/C21H15NO/c23-21-12-6-5-11-20(21)22-14-19-17-9-3-1-7-15(17)13-16-8-2-4-10-18(16)19/h1-14,23H/b22-14+. The van der Waals surface area contributed by atoms with Crippen LogP contribution in [0.25, 0.3) is 21.5 Å².